The zero-order valence-electron chi connectivity index (χ0n) is 22.1. The van der Waals surface area contributed by atoms with Gasteiger partial charge in [-0.3, -0.25) is 19.2 Å². The minimum atomic E-state index is -2.18. The van der Waals surface area contributed by atoms with Crippen molar-refractivity contribution in [3.05, 3.63) is 63.9 Å². The molecule has 0 spiro atoms. The third-order valence-corrected chi connectivity index (χ3v) is 7.68. The maximum absolute atomic E-state index is 13.5. The molecule has 1 aromatic rings. The van der Waals surface area contributed by atoms with Gasteiger partial charge in [-0.05, 0) is 51.2 Å². The number of carbonyl (C=O) groups is 5. The highest BCUT2D eigenvalue weighted by atomic mass is 16.6. The first-order valence-electron chi connectivity index (χ1n) is 12.8. The van der Waals surface area contributed by atoms with Crippen molar-refractivity contribution in [3.63, 3.8) is 0 Å². The van der Waals surface area contributed by atoms with Crippen LogP contribution in [0.4, 0.5) is 0 Å². The zero-order valence-corrected chi connectivity index (χ0v) is 22.1. The summed E-state index contributed by atoms with van der Waals surface area (Å²) in [5, 5.41) is 35.8. The monoisotopic (exact) mass is 537 g/mol. The van der Waals surface area contributed by atoms with Gasteiger partial charge in [-0.15, -0.1) is 0 Å². The lowest BCUT2D eigenvalue weighted by molar-refractivity contribution is -0.158. The number of phenols is 1. The first kappa shape index (κ1) is 28.1. The molecule has 3 aliphatic rings. The van der Waals surface area contributed by atoms with E-state index in [1.807, 2.05) is 6.92 Å². The number of ketones is 3. The van der Waals surface area contributed by atoms with E-state index in [2.05, 4.69) is 5.32 Å². The number of ether oxygens (including phenoxy) is 1. The van der Waals surface area contributed by atoms with Crippen molar-refractivity contribution in [2.45, 2.75) is 64.8 Å². The Kier molecular flexibility index (Phi) is 7.46. The highest BCUT2D eigenvalue weighted by Crippen LogP contribution is 2.49. The summed E-state index contributed by atoms with van der Waals surface area (Å²) in [5.41, 5.74) is -2.84. The molecule has 1 saturated heterocycles. The molecule has 3 unspecified atom stereocenters. The van der Waals surface area contributed by atoms with Gasteiger partial charge in [-0.25, -0.2) is 4.79 Å². The van der Waals surface area contributed by atoms with Gasteiger partial charge in [0.15, 0.2) is 11.6 Å². The minimum Gasteiger partial charge on any atom is -0.507 e. The van der Waals surface area contributed by atoms with Crippen molar-refractivity contribution in [3.8, 4) is 5.75 Å². The van der Waals surface area contributed by atoms with E-state index in [1.165, 1.54) is 32.9 Å². The predicted octanol–water partition coefficient (Wildman–Crippen LogP) is 2.08. The van der Waals surface area contributed by atoms with Crippen molar-refractivity contribution in [2.75, 3.05) is 0 Å². The lowest BCUT2D eigenvalue weighted by Crippen LogP contribution is -2.39. The van der Waals surface area contributed by atoms with Gasteiger partial charge < -0.3 is 25.4 Å². The lowest BCUT2D eigenvalue weighted by atomic mass is 9.72. The predicted molar refractivity (Wildman–Crippen MR) is 138 cm³/mol. The molecule has 2 heterocycles. The fourth-order valence-corrected chi connectivity index (χ4v) is 5.24. The number of allylic oxidation sites excluding steroid dienone is 2. The third kappa shape index (κ3) is 4.74. The number of cyclic esters (lactones) is 1. The molecule has 1 amide bonds. The number of phenolic OH excluding ortho intramolecular Hbond substituents is 1. The number of esters is 1. The summed E-state index contributed by atoms with van der Waals surface area (Å²) in [4.78, 5) is 65.1. The van der Waals surface area contributed by atoms with Crippen LogP contribution in [0.2, 0.25) is 0 Å². The number of nitrogens with one attached hydrogen (secondary N) is 1. The SMILES string of the molecule is CCC1/C=C/C(O)C(C)OC(=O)C(=O)/C(C)=C\[C@@H]2C(=O)NC3=CC(=O)c4c(cc(C)c(O)c4C(=O)CC1)[C@@]32O. The molecule has 4 rings (SSSR count). The molecule has 10 heteroatoms. The summed E-state index contributed by atoms with van der Waals surface area (Å²) in [6.07, 6.45) is 3.80. The van der Waals surface area contributed by atoms with Crippen molar-refractivity contribution in [1.29, 1.82) is 0 Å². The Morgan fingerprint density at radius 3 is 2.46 bits per heavy atom. The Morgan fingerprint density at radius 1 is 1.10 bits per heavy atom. The summed E-state index contributed by atoms with van der Waals surface area (Å²) in [7, 11) is 0. The van der Waals surface area contributed by atoms with Crippen molar-refractivity contribution < 1.29 is 44.0 Å². The van der Waals surface area contributed by atoms with Gasteiger partial charge in [0, 0.05) is 29.2 Å². The van der Waals surface area contributed by atoms with Gasteiger partial charge >= 0.3 is 5.97 Å². The Balaban J connectivity index is 1.94. The number of aromatic hydroxyl groups is 1. The van der Waals surface area contributed by atoms with Gasteiger partial charge in [0.1, 0.15) is 23.6 Å². The molecule has 0 saturated carbocycles. The normalized spacial score (nSPS) is 31.9. The molecule has 206 valence electrons. The quantitative estimate of drug-likeness (QED) is 0.238. The molecule has 10 nitrogen and oxygen atoms in total. The number of aliphatic hydroxyl groups is 2. The van der Waals surface area contributed by atoms with Crippen molar-refractivity contribution in [2.24, 2.45) is 11.8 Å². The molecule has 0 aromatic heterocycles. The molecular weight excluding hydrogens is 506 g/mol. The van der Waals surface area contributed by atoms with E-state index in [4.69, 9.17) is 4.74 Å². The van der Waals surface area contributed by atoms with Gasteiger partial charge in [-0.1, -0.05) is 25.2 Å². The van der Waals surface area contributed by atoms with Crippen LogP contribution < -0.4 is 5.32 Å². The summed E-state index contributed by atoms with van der Waals surface area (Å²) >= 11 is 0. The van der Waals surface area contributed by atoms with Crippen LogP contribution in [0.5, 0.6) is 5.75 Å². The van der Waals surface area contributed by atoms with Gasteiger partial charge in [0.25, 0.3) is 5.78 Å². The van der Waals surface area contributed by atoms with E-state index in [0.29, 0.717) is 12.8 Å². The number of rotatable bonds is 1. The summed E-state index contributed by atoms with van der Waals surface area (Å²) in [5.74, 6) is -6.28. The maximum atomic E-state index is 13.5. The second-order valence-electron chi connectivity index (χ2n) is 10.3. The smallest absolute Gasteiger partial charge is 0.379 e. The van der Waals surface area contributed by atoms with Crippen LogP contribution in [0.1, 0.15) is 71.9 Å². The second kappa shape index (κ2) is 10.3. The van der Waals surface area contributed by atoms with Gasteiger partial charge in [0.2, 0.25) is 5.91 Å². The van der Waals surface area contributed by atoms with E-state index >= 15 is 0 Å². The van der Waals surface area contributed by atoms with Crippen LogP contribution in [0.3, 0.4) is 0 Å². The molecule has 4 bridgehead atoms. The first-order valence-corrected chi connectivity index (χ1v) is 12.8. The lowest BCUT2D eigenvalue weighted by Gasteiger charge is -2.34. The molecule has 4 N–H and O–H groups in total. The molecule has 1 fully saturated rings. The van der Waals surface area contributed by atoms with Gasteiger partial charge in [0.05, 0.1) is 17.2 Å². The summed E-state index contributed by atoms with van der Waals surface area (Å²) in [6, 6.07) is 1.35. The molecule has 39 heavy (non-hydrogen) atoms. The molecular formula is C29H31NO9. The molecule has 5 atom stereocenters. The molecule has 0 radical (unpaired) electrons. The van der Waals surface area contributed by atoms with E-state index in [0.717, 1.165) is 12.2 Å². The number of benzene rings is 1. The Labute approximate surface area is 225 Å². The Hall–Kier alpha value is -3.89. The standard InChI is InChI=1S/C29H31NO9/c1-5-16-6-8-19(31)15(4)39-28(37)26(35)14(3)11-18-27(36)30-22-12-21(33)23-17(29(18,22)38)10-13(2)25(34)24(23)20(32)9-7-16/h6,8,10-12,15-16,18-19,31,34,38H,5,7,9H2,1-4H3,(H,30,36)/b8-6+,14-11-/t15?,16?,18-,19?,29+/m1/s1. The van der Waals surface area contributed by atoms with Crippen LogP contribution in [0, 0.1) is 18.8 Å². The van der Waals surface area contributed by atoms with E-state index in [-0.39, 0.29) is 45.9 Å². The number of hydrogen-bond donors (Lipinski definition) is 4. The number of carbonyl (C=O) groups excluding carboxylic acids is 5. The van der Waals surface area contributed by atoms with Crippen LogP contribution >= 0.6 is 0 Å². The number of aliphatic hydroxyl groups excluding tert-OH is 1. The fourth-order valence-electron chi connectivity index (χ4n) is 5.24. The highest BCUT2D eigenvalue weighted by Gasteiger charge is 2.55. The zero-order chi connectivity index (χ0) is 28.8. The second-order valence-corrected chi connectivity index (χ2v) is 10.3. The number of aryl methyl sites for hydroxylation is 1. The Morgan fingerprint density at radius 2 is 1.79 bits per heavy atom. The van der Waals surface area contributed by atoms with Crippen LogP contribution in [0.15, 0.2) is 41.6 Å². The largest absolute Gasteiger partial charge is 0.507 e. The highest BCUT2D eigenvalue weighted by molar-refractivity contribution is 6.40. The Bertz CT molecular complexity index is 1390. The van der Waals surface area contributed by atoms with Crippen molar-refractivity contribution in [1.82, 2.24) is 5.32 Å². The van der Waals surface area contributed by atoms with Crippen LogP contribution in [0.25, 0.3) is 0 Å². The van der Waals surface area contributed by atoms with Crippen LogP contribution in [-0.4, -0.2) is 56.8 Å². The van der Waals surface area contributed by atoms with E-state index in [1.54, 1.807) is 6.08 Å². The van der Waals surface area contributed by atoms with E-state index in [9.17, 15) is 39.3 Å². The first-order chi connectivity index (χ1) is 18.3. The molecule has 2 aliphatic heterocycles. The van der Waals surface area contributed by atoms with Crippen molar-refractivity contribution >= 4 is 29.2 Å². The maximum Gasteiger partial charge on any atom is 0.379 e. The van der Waals surface area contributed by atoms with E-state index < -0.39 is 58.7 Å². The fraction of sp³-hybridized carbons (Fsp3) is 0.414. The van der Waals surface area contributed by atoms with Gasteiger partial charge in [-0.2, -0.15) is 0 Å². The third-order valence-electron chi connectivity index (χ3n) is 7.68. The number of hydrogen-bond acceptors (Lipinski definition) is 9. The average molecular weight is 538 g/mol. The topological polar surface area (TPSA) is 167 Å². The minimum absolute atomic E-state index is 0.0522. The molecule has 1 aliphatic carbocycles. The summed E-state index contributed by atoms with van der Waals surface area (Å²) < 4.78 is 5.14. The molecule has 1 aromatic carbocycles. The summed E-state index contributed by atoms with van der Waals surface area (Å²) in [6.45, 7) is 6.09. The average Bonchev–Trinajstić information content (AvgIpc) is 3.13. The number of Topliss-reactive ketones (excluding diaryl/α,β-unsaturated/α-hetero) is 2. The van der Waals surface area contributed by atoms with Crippen LogP contribution in [-0.2, 0) is 24.7 Å². The number of amides is 1.